The number of carbonyl (C=O) groups excluding carboxylic acids is 1. The van der Waals surface area contributed by atoms with Crippen LogP contribution in [-0.4, -0.2) is 48.7 Å². The monoisotopic (exact) mass is 486 g/mol. The lowest BCUT2D eigenvalue weighted by molar-refractivity contribution is -0.199. The molecule has 1 saturated heterocycles. The van der Waals surface area contributed by atoms with Crippen LogP contribution >= 0.6 is 0 Å². The smallest absolute Gasteiger partial charge is 0.404 e. The number of aryl methyl sites for hydroxylation is 1. The predicted octanol–water partition coefficient (Wildman–Crippen LogP) is 4.35. The number of nitrogens with zero attached hydrogens (tertiary/aromatic N) is 1. The van der Waals surface area contributed by atoms with E-state index in [1.165, 1.54) is 28.7 Å². The Kier molecular flexibility index (Phi) is 6.05. The number of carbonyl (C=O) groups is 1. The summed E-state index contributed by atoms with van der Waals surface area (Å²) in [5.74, 6) is 1.03. The van der Waals surface area contributed by atoms with Crippen LogP contribution in [0.4, 0.5) is 0 Å². The van der Waals surface area contributed by atoms with Crippen molar-refractivity contribution in [2.24, 2.45) is 17.3 Å². The lowest BCUT2D eigenvalue weighted by Crippen LogP contribution is -2.65. The molecule has 0 spiro atoms. The van der Waals surface area contributed by atoms with Gasteiger partial charge in [-0.15, -0.1) is 0 Å². The number of hydrogen-bond acceptors (Lipinski definition) is 4. The Hall–Kier alpha value is -2.15. The van der Waals surface area contributed by atoms with E-state index in [4.69, 9.17) is 9.31 Å². The Morgan fingerprint density at radius 1 is 1.14 bits per heavy atom. The van der Waals surface area contributed by atoms with Crippen molar-refractivity contribution in [3.8, 4) is 0 Å². The minimum atomic E-state index is -0.427. The summed E-state index contributed by atoms with van der Waals surface area (Å²) in [7, 11) is -0.427. The highest BCUT2D eigenvalue weighted by Gasteiger charge is 2.68. The molecule has 5 nitrogen and oxygen atoms in total. The fourth-order valence-electron chi connectivity index (χ4n) is 7.49. The lowest BCUT2D eigenvalue weighted by atomic mass is 9.43. The molecule has 2 aromatic carbocycles. The summed E-state index contributed by atoms with van der Waals surface area (Å²) in [5, 5.41) is 3.34. The predicted molar refractivity (Wildman–Crippen MR) is 142 cm³/mol. The van der Waals surface area contributed by atoms with Crippen molar-refractivity contribution in [1.29, 1.82) is 0 Å². The number of hydrogen-bond donors (Lipinski definition) is 1. The summed E-state index contributed by atoms with van der Waals surface area (Å²) in [5.41, 5.74) is 5.22. The van der Waals surface area contributed by atoms with Crippen LogP contribution in [-0.2, 0) is 33.5 Å². The molecule has 1 N–H and O–H groups in total. The minimum absolute atomic E-state index is 0.0453. The molecule has 1 amide bonds. The van der Waals surface area contributed by atoms with Gasteiger partial charge < -0.3 is 14.6 Å². The van der Waals surface area contributed by atoms with E-state index < -0.39 is 7.12 Å². The molecule has 190 valence electrons. The SMILES string of the molecule is Cc1ccc2c(c1)CN(CC(=O)N[C@@H](Cc1ccccc1)B1O[C@@H]3C[C@@H]4C[C@@H](C4(C)C)[C@]3(C)O1)CC2. The third kappa shape index (κ3) is 4.21. The zero-order valence-corrected chi connectivity index (χ0v) is 22.1. The molecule has 3 aliphatic carbocycles. The van der Waals surface area contributed by atoms with Crippen LogP contribution < -0.4 is 5.32 Å². The van der Waals surface area contributed by atoms with Gasteiger partial charge in [-0.2, -0.15) is 0 Å². The maximum atomic E-state index is 13.4. The van der Waals surface area contributed by atoms with E-state index >= 15 is 0 Å². The van der Waals surface area contributed by atoms with Crippen molar-refractivity contribution in [3.05, 3.63) is 70.8 Å². The van der Waals surface area contributed by atoms with Gasteiger partial charge in [0.05, 0.1) is 24.2 Å². The molecule has 36 heavy (non-hydrogen) atoms. The van der Waals surface area contributed by atoms with Gasteiger partial charge in [0.2, 0.25) is 5.91 Å². The second-order valence-electron chi connectivity index (χ2n) is 12.4. The zero-order chi connectivity index (χ0) is 25.1. The molecule has 0 aromatic heterocycles. The number of fused-ring (bicyclic) bond motifs is 1. The molecule has 5 aliphatic rings. The van der Waals surface area contributed by atoms with E-state index in [1.807, 2.05) is 6.07 Å². The average Bonchev–Trinajstić information content (AvgIpc) is 3.21. The maximum Gasteiger partial charge on any atom is 0.482 e. The van der Waals surface area contributed by atoms with E-state index in [-0.39, 0.29) is 23.6 Å². The first kappa shape index (κ1) is 24.2. The quantitative estimate of drug-likeness (QED) is 0.617. The fourth-order valence-corrected chi connectivity index (χ4v) is 7.49. The van der Waals surface area contributed by atoms with Crippen molar-refractivity contribution in [2.75, 3.05) is 13.1 Å². The second kappa shape index (κ2) is 9.00. The third-order valence-corrected chi connectivity index (χ3v) is 9.76. The maximum absolute atomic E-state index is 13.4. The number of rotatable bonds is 6. The summed E-state index contributed by atoms with van der Waals surface area (Å²) in [4.78, 5) is 15.6. The first-order valence-corrected chi connectivity index (χ1v) is 13.7. The zero-order valence-electron chi connectivity index (χ0n) is 22.1. The van der Waals surface area contributed by atoms with Crippen molar-refractivity contribution in [2.45, 2.75) is 77.6 Å². The molecule has 0 radical (unpaired) electrons. The third-order valence-electron chi connectivity index (χ3n) is 9.76. The summed E-state index contributed by atoms with van der Waals surface area (Å²) < 4.78 is 13.4. The number of nitrogens with one attached hydrogen (secondary N) is 1. The molecule has 2 aliphatic heterocycles. The number of amides is 1. The molecule has 2 aromatic rings. The van der Waals surface area contributed by atoms with Crippen LogP contribution in [0.25, 0.3) is 0 Å². The molecule has 3 saturated carbocycles. The van der Waals surface area contributed by atoms with Gasteiger partial charge in [-0.05, 0) is 73.5 Å². The van der Waals surface area contributed by atoms with E-state index in [0.29, 0.717) is 30.2 Å². The molecule has 4 fully saturated rings. The largest absolute Gasteiger partial charge is 0.482 e. The average molecular weight is 486 g/mol. The highest BCUT2D eigenvalue weighted by molar-refractivity contribution is 6.48. The van der Waals surface area contributed by atoms with Gasteiger partial charge in [0.25, 0.3) is 0 Å². The molecule has 2 bridgehead atoms. The van der Waals surface area contributed by atoms with Gasteiger partial charge in [0.15, 0.2) is 0 Å². The van der Waals surface area contributed by atoms with Gasteiger partial charge in [0, 0.05) is 13.1 Å². The fraction of sp³-hybridized carbons (Fsp3) is 0.567. The first-order chi connectivity index (χ1) is 17.2. The Bertz CT molecular complexity index is 1140. The van der Waals surface area contributed by atoms with Crippen LogP contribution in [0.5, 0.6) is 0 Å². The van der Waals surface area contributed by atoms with E-state index in [9.17, 15) is 4.79 Å². The van der Waals surface area contributed by atoms with Gasteiger partial charge in [-0.3, -0.25) is 9.69 Å². The Balaban J connectivity index is 1.16. The molecule has 6 heteroatoms. The molecule has 5 atom stereocenters. The van der Waals surface area contributed by atoms with E-state index in [2.05, 4.69) is 80.4 Å². The van der Waals surface area contributed by atoms with Crippen molar-refractivity contribution < 1.29 is 14.1 Å². The van der Waals surface area contributed by atoms with Crippen molar-refractivity contribution in [1.82, 2.24) is 10.2 Å². The van der Waals surface area contributed by atoms with Crippen molar-refractivity contribution >= 4 is 13.0 Å². The normalized spacial score (nSPS) is 31.2. The summed E-state index contributed by atoms with van der Waals surface area (Å²) in [6.07, 6.45) is 4.07. The molecular formula is C30H39BN2O3. The summed E-state index contributed by atoms with van der Waals surface area (Å²) in [6, 6.07) is 17.0. The molecular weight excluding hydrogens is 447 g/mol. The Morgan fingerprint density at radius 3 is 2.72 bits per heavy atom. The first-order valence-electron chi connectivity index (χ1n) is 13.7. The standard InChI is InChI=1S/C30H39BN2O3/c1-20-10-11-22-12-13-33(18-23(22)14-20)19-28(34)32-27(15-21-8-6-5-7-9-21)31-35-26-17-24-16-25(29(24,2)3)30(26,4)36-31/h5-11,14,24-27H,12-13,15-19H2,1-4H3,(H,32,34)/t24-,25-,26+,27-,30-/m0/s1. The minimum Gasteiger partial charge on any atom is -0.404 e. The molecule has 7 rings (SSSR count). The van der Waals surface area contributed by atoms with Crippen molar-refractivity contribution in [3.63, 3.8) is 0 Å². The lowest BCUT2D eigenvalue weighted by Gasteiger charge is -2.64. The van der Waals surface area contributed by atoms with Crippen LogP contribution in [0.3, 0.4) is 0 Å². The Labute approximate surface area is 216 Å². The summed E-state index contributed by atoms with van der Waals surface area (Å²) in [6.45, 7) is 11.3. The van der Waals surface area contributed by atoms with Gasteiger partial charge in [-0.1, -0.05) is 67.9 Å². The van der Waals surface area contributed by atoms with Gasteiger partial charge in [0.1, 0.15) is 0 Å². The molecule has 2 heterocycles. The van der Waals surface area contributed by atoms with Crippen LogP contribution in [0.2, 0.25) is 0 Å². The highest BCUT2D eigenvalue weighted by Crippen LogP contribution is 2.65. The Morgan fingerprint density at radius 2 is 1.94 bits per heavy atom. The number of benzene rings is 2. The molecule has 0 unspecified atom stereocenters. The van der Waals surface area contributed by atoms with Gasteiger partial charge >= 0.3 is 7.12 Å². The van der Waals surface area contributed by atoms with Crippen LogP contribution in [0.1, 0.15) is 55.9 Å². The topological polar surface area (TPSA) is 50.8 Å². The van der Waals surface area contributed by atoms with Crippen LogP contribution in [0.15, 0.2) is 48.5 Å². The summed E-state index contributed by atoms with van der Waals surface area (Å²) >= 11 is 0. The van der Waals surface area contributed by atoms with E-state index in [0.717, 1.165) is 25.9 Å². The second-order valence-corrected chi connectivity index (χ2v) is 12.4. The van der Waals surface area contributed by atoms with Gasteiger partial charge in [-0.25, -0.2) is 0 Å². The van der Waals surface area contributed by atoms with Crippen LogP contribution in [0, 0.1) is 24.2 Å². The highest BCUT2D eigenvalue weighted by atomic mass is 16.7. The van der Waals surface area contributed by atoms with E-state index in [1.54, 1.807) is 0 Å².